The van der Waals surface area contributed by atoms with E-state index in [9.17, 15) is 13.2 Å². The number of carbonyl (C=O) groups is 1. The SMILES string of the molecule is CCN(CC)S(=O)(=O)c1ccc(/C=C/C(=O)N2CCCC2c2nc3ccccc3s2)cc1. The lowest BCUT2D eigenvalue weighted by Gasteiger charge is -2.21. The van der Waals surface area contributed by atoms with Gasteiger partial charge in [-0.25, -0.2) is 13.4 Å². The van der Waals surface area contributed by atoms with E-state index in [1.165, 1.54) is 4.31 Å². The maximum atomic E-state index is 12.9. The Labute approximate surface area is 193 Å². The average Bonchev–Trinajstić information content (AvgIpc) is 3.45. The molecule has 32 heavy (non-hydrogen) atoms. The second-order valence-electron chi connectivity index (χ2n) is 7.70. The Bertz CT molecular complexity index is 1200. The van der Waals surface area contributed by atoms with Crippen LogP contribution in [0.3, 0.4) is 0 Å². The van der Waals surface area contributed by atoms with Crippen LogP contribution < -0.4 is 0 Å². The molecule has 3 aromatic rings. The Hall–Kier alpha value is -2.55. The number of rotatable bonds is 7. The number of aromatic nitrogens is 1. The van der Waals surface area contributed by atoms with Gasteiger partial charge in [0.25, 0.3) is 0 Å². The van der Waals surface area contributed by atoms with Crippen LogP contribution in [0.4, 0.5) is 0 Å². The number of amides is 1. The number of nitrogens with zero attached hydrogens (tertiary/aromatic N) is 3. The predicted molar refractivity (Wildman–Crippen MR) is 129 cm³/mol. The predicted octanol–water partition coefficient (Wildman–Crippen LogP) is 4.70. The summed E-state index contributed by atoms with van der Waals surface area (Å²) in [5.41, 5.74) is 1.76. The highest BCUT2D eigenvalue weighted by Crippen LogP contribution is 2.36. The average molecular weight is 470 g/mol. The molecule has 168 valence electrons. The molecule has 1 fully saturated rings. The fourth-order valence-electron chi connectivity index (χ4n) is 4.05. The third-order valence-electron chi connectivity index (χ3n) is 5.77. The topological polar surface area (TPSA) is 70.6 Å². The number of para-hydroxylation sites is 1. The Morgan fingerprint density at radius 3 is 2.56 bits per heavy atom. The van der Waals surface area contributed by atoms with Gasteiger partial charge in [0.05, 0.1) is 21.2 Å². The summed E-state index contributed by atoms with van der Waals surface area (Å²) in [5, 5.41) is 0.983. The van der Waals surface area contributed by atoms with E-state index >= 15 is 0 Å². The normalized spacial score (nSPS) is 17.1. The summed E-state index contributed by atoms with van der Waals surface area (Å²) in [4.78, 5) is 19.8. The lowest BCUT2D eigenvalue weighted by atomic mass is 10.2. The molecule has 4 rings (SSSR count). The molecule has 6 nitrogen and oxygen atoms in total. The van der Waals surface area contributed by atoms with Gasteiger partial charge in [-0.15, -0.1) is 11.3 Å². The standard InChI is InChI=1S/C24H27N3O3S2/c1-3-26(4-2)32(29,30)19-14-11-18(12-15-19)13-16-23(28)27-17-7-9-21(27)24-25-20-8-5-6-10-22(20)31-24/h5-6,8,10-16,21H,3-4,7,9,17H2,1-2H3/b16-13+. The van der Waals surface area contributed by atoms with Gasteiger partial charge in [0.2, 0.25) is 15.9 Å². The molecular formula is C24H27N3O3S2. The van der Waals surface area contributed by atoms with Crippen molar-refractivity contribution < 1.29 is 13.2 Å². The minimum absolute atomic E-state index is 0.00568. The van der Waals surface area contributed by atoms with Crippen LogP contribution in [0.15, 0.2) is 59.5 Å². The number of hydrogen-bond donors (Lipinski definition) is 0. The molecule has 0 bridgehead atoms. The van der Waals surface area contributed by atoms with Crippen molar-refractivity contribution in [2.24, 2.45) is 0 Å². The van der Waals surface area contributed by atoms with Crippen molar-refractivity contribution in [3.05, 3.63) is 65.2 Å². The first kappa shape index (κ1) is 22.6. The zero-order chi connectivity index (χ0) is 22.7. The molecule has 0 spiro atoms. The maximum absolute atomic E-state index is 12.9. The van der Waals surface area contributed by atoms with Crippen molar-refractivity contribution in [3.8, 4) is 0 Å². The van der Waals surface area contributed by atoms with Crippen LogP contribution in [0.2, 0.25) is 0 Å². The number of sulfonamides is 1. The molecule has 1 atom stereocenters. The second kappa shape index (κ2) is 9.52. The van der Waals surface area contributed by atoms with E-state index in [0.717, 1.165) is 33.6 Å². The van der Waals surface area contributed by atoms with Crippen LogP contribution >= 0.6 is 11.3 Å². The third kappa shape index (κ3) is 4.48. The first-order valence-corrected chi connectivity index (χ1v) is 13.1. The largest absolute Gasteiger partial charge is 0.330 e. The molecule has 8 heteroatoms. The number of thiazole rings is 1. The number of hydrogen-bond acceptors (Lipinski definition) is 5. The molecule has 2 heterocycles. The van der Waals surface area contributed by atoms with E-state index in [1.807, 2.05) is 36.9 Å². The number of benzene rings is 2. The van der Waals surface area contributed by atoms with Gasteiger partial charge in [-0.1, -0.05) is 38.1 Å². The minimum atomic E-state index is -3.48. The van der Waals surface area contributed by atoms with Gasteiger partial charge in [-0.05, 0) is 48.7 Å². The quantitative estimate of drug-likeness (QED) is 0.470. The summed E-state index contributed by atoms with van der Waals surface area (Å²) in [6.07, 6.45) is 5.18. The van der Waals surface area contributed by atoms with E-state index in [2.05, 4.69) is 6.07 Å². The summed E-state index contributed by atoms with van der Waals surface area (Å²) < 4.78 is 27.8. The summed E-state index contributed by atoms with van der Waals surface area (Å²) in [7, 11) is -3.48. The van der Waals surface area contributed by atoms with Crippen LogP contribution in [-0.2, 0) is 14.8 Å². The van der Waals surface area contributed by atoms with Crippen LogP contribution in [0.1, 0.15) is 43.3 Å². The lowest BCUT2D eigenvalue weighted by Crippen LogP contribution is -2.30. The molecule has 2 aromatic carbocycles. The molecule has 0 aliphatic carbocycles. The van der Waals surface area contributed by atoms with E-state index in [0.29, 0.717) is 19.6 Å². The van der Waals surface area contributed by atoms with E-state index in [4.69, 9.17) is 4.98 Å². The molecule has 1 aliphatic rings. The molecule has 0 radical (unpaired) electrons. The Morgan fingerprint density at radius 1 is 1.16 bits per heavy atom. The zero-order valence-electron chi connectivity index (χ0n) is 18.3. The number of carbonyl (C=O) groups excluding carboxylic acids is 1. The number of fused-ring (bicyclic) bond motifs is 1. The lowest BCUT2D eigenvalue weighted by molar-refractivity contribution is -0.126. The van der Waals surface area contributed by atoms with E-state index < -0.39 is 10.0 Å². The van der Waals surface area contributed by atoms with Gasteiger partial charge in [-0.3, -0.25) is 4.79 Å². The Balaban J connectivity index is 1.47. The van der Waals surface area contributed by atoms with Crippen LogP contribution in [0.25, 0.3) is 16.3 Å². The highest BCUT2D eigenvalue weighted by molar-refractivity contribution is 7.89. The summed E-state index contributed by atoms with van der Waals surface area (Å²) in [6, 6.07) is 14.7. The molecule has 1 amide bonds. The van der Waals surface area contributed by atoms with Gasteiger partial charge in [-0.2, -0.15) is 4.31 Å². The van der Waals surface area contributed by atoms with Gasteiger partial charge in [0, 0.05) is 25.7 Å². The van der Waals surface area contributed by atoms with Gasteiger partial charge >= 0.3 is 0 Å². The maximum Gasteiger partial charge on any atom is 0.247 e. The van der Waals surface area contributed by atoms with E-state index in [1.54, 1.807) is 47.8 Å². The fraction of sp³-hybridized carbons (Fsp3) is 0.333. The molecular weight excluding hydrogens is 442 g/mol. The van der Waals surface area contributed by atoms with Crippen molar-refractivity contribution in [1.29, 1.82) is 0 Å². The van der Waals surface area contributed by atoms with Gasteiger partial charge < -0.3 is 4.90 Å². The monoisotopic (exact) mass is 469 g/mol. The first-order valence-electron chi connectivity index (χ1n) is 10.9. The van der Waals surface area contributed by atoms with Crippen molar-refractivity contribution in [3.63, 3.8) is 0 Å². The van der Waals surface area contributed by atoms with Crippen molar-refractivity contribution in [2.75, 3.05) is 19.6 Å². The second-order valence-corrected chi connectivity index (χ2v) is 10.7. The van der Waals surface area contributed by atoms with Gasteiger partial charge in [0.15, 0.2) is 0 Å². The highest BCUT2D eigenvalue weighted by atomic mass is 32.2. The first-order chi connectivity index (χ1) is 15.4. The van der Waals surface area contributed by atoms with Crippen LogP contribution in [-0.4, -0.2) is 48.1 Å². The molecule has 1 aromatic heterocycles. The summed E-state index contributed by atoms with van der Waals surface area (Å²) in [5.74, 6) is -0.0494. The minimum Gasteiger partial charge on any atom is -0.330 e. The smallest absolute Gasteiger partial charge is 0.247 e. The van der Waals surface area contributed by atoms with Crippen molar-refractivity contribution >= 4 is 43.6 Å². The third-order valence-corrected chi connectivity index (χ3v) is 8.97. The Morgan fingerprint density at radius 2 is 1.88 bits per heavy atom. The van der Waals surface area contributed by atoms with Crippen LogP contribution in [0.5, 0.6) is 0 Å². The zero-order valence-corrected chi connectivity index (χ0v) is 19.9. The molecule has 0 N–H and O–H groups in total. The number of likely N-dealkylation sites (tertiary alicyclic amines) is 1. The highest BCUT2D eigenvalue weighted by Gasteiger charge is 2.31. The molecule has 1 unspecified atom stereocenters. The van der Waals surface area contributed by atoms with Crippen molar-refractivity contribution in [1.82, 2.24) is 14.2 Å². The molecule has 1 aliphatic heterocycles. The summed E-state index contributed by atoms with van der Waals surface area (Å²) in [6.45, 7) is 5.22. The Kier molecular flexibility index (Phi) is 6.74. The van der Waals surface area contributed by atoms with E-state index in [-0.39, 0.29) is 16.8 Å². The fourth-order valence-corrected chi connectivity index (χ4v) is 6.62. The van der Waals surface area contributed by atoms with Crippen molar-refractivity contribution in [2.45, 2.75) is 37.6 Å². The van der Waals surface area contributed by atoms with Gasteiger partial charge in [0.1, 0.15) is 5.01 Å². The van der Waals surface area contributed by atoms with Crippen LogP contribution in [0, 0.1) is 0 Å². The molecule has 1 saturated heterocycles. The molecule has 0 saturated carbocycles. The summed E-state index contributed by atoms with van der Waals surface area (Å²) >= 11 is 1.65.